The molecule has 0 unspecified atom stereocenters. The van der Waals surface area contributed by atoms with E-state index in [0.29, 0.717) is 5.76 Å². The Bertz CT molecular complexity index is 496. The summed E-state index contributed by atoms with van der Waals surface area (Å²) in [5.41, 5.74) is 0. The average molecular weight is 298 g/mol. The molecule has 0 bridgehead atoms. The van der Waals surface area contributed by atoms with Crippen LogP contribution in [0.5, 0.6) is 0 Å². The molecule has 0 amide bonds. The summed E-state index contributed by atoms with van der Waals surface area (Å²) in [6, 6.07) is 11.7. The van der Waals surface area contributed by atoms with E-state index < -0.39 is 0 Å². The van der Waals surface area contributed by atoms with Gasteiger partial charge < -0.3 is 9.62 Å². The summed E-state index contributed by atoms with van der Waals surface area (Å²) in [6.45, 7) is 0. The summed E-state index contributed by atoms with van der Waals surface area (Å²) in [6.07, 6.45) is 1.25. The zero-order valence-corrected chi connectivity index (χ0v) is 10.5. The Morgan fingerprint density at radius 1 is 1.31 bits per heavy atom. The minimum atomic E-state index is 0.507. The van der Waals surface area contributed by atoms with E-state index in [0.717, 1.165) is 14.5 Å². The van der Waals surface area contributed by atoms with Crippen molar-refractivity contribution in [1.82, 2.24) is 0 Å². The first-order chi connectivity index (χ1) is 7.79. The second kappa shape index (κ2) is 5.23. The Kier molecular flexibility index (Phi) is 3.69. The second-order valence-corrected chi connectivity index (χ2v) is 4.84. The lowest BCUT2D eigenvalue weighted by atomic mass is 10.4. The molecular formula is C11H8BrNO2S. The quantitative estimate of drug-likeness (QED) is 0.529. The minimum Gasteiger partial charge on any atom is -0.447 e. The van der Waals surface area contributed by atoms with Crippen molar-refractivity contribution in [3.8, 4) is 0 Å². The zero-order valence-electron chi connectivity index (χ0n) is 8.13. The third-order valence-electron chi connectivity index (χ3n) is 1.81. The first kappa shape index (κ1) is 11.3. The molecule has 1 aromatic heterocycles. The van der Waals surface area contributed by atoms with Crippen molar-refractivity contribution in [3.05, 3.63) is 46.6 Å². The van der Waals surface area contributed by atoms with Crippen molar-refractivity contribution >= 4 is 33.9 Å². The van der Waals surface area contributed by atoms with Crippen LogP contribution in [0.4, 0.5) is 0 Å². The number of oxime groups is 1. The number of halogens is 1. The third kappa shape index (κ3) is 2.68. The van der Waals surface area contributed by atoms with E-state index in [4.69, 9.17) is 9.62 Å². The smallest absolute Gasteiger partial charge is 0.180 e. The van der Waals surface area contributed by atoms with Gasteiger partial charge in [-0.3, -0.25) is 0 Å². The highest BCUT2D eigenvalue weighted by Crippen LogP contribution is 2.35. The van der Waals surface area contributed by atoms with Gasteiger partial charge in [0, 0.05) is 11.0 Å². The molecule has 0 aliphatic rings. The topological polar surface area (TPSA) is 45.7 Å². The monoisotopic (exact) mass is 297 g/mol. The number of benzene rings is 1. The molecule has 1 aromatic carbocycles. The first-order valence-corrected chi connectivity index (χ1v) is 6.10. The normalized spacial score (nSPS) is 11.1. The van der Waals surface area contributed by atoms with Crippen molar-refractivity contribution in [3.63, 3.8) is 0 Å². The van der Waals surface area contributed by atoms with Crippen LogP contribution in [-0.2, 0) is 0 Å². The molecule has 2 rings (SSSR count). The summed E-state index contributed by atoms with van der Waals surface area (Å²) in [5, 5.41) is 12.1. The highest BCUT2D eigenvalue weighted by atomic mass is 79.9. The van der Waals surface area contributed by atoms with E-state index in [1.54, 1.807) is 6.07 Å². The molecule has 5 heteroatoms. The fraction of sp³-hybridized carbons (Fsp3) is 0. The van der Waals surface area contributed by atoms with Crippen molar-refractivity contribution in [2.24, 2.45) is 5.16 Å². The molecule has 0 atom stereocenters. The van der Waals surface area contributed by atoms with Gasteiger partial charge in [0.2, 0.25) is 0 Å². The van der Waals surface area contributed by atoms with Gasteiger partial charge in [-0.2, -0.15) is 0 Å². The van der Waals surface area contributed by atoms with Gasteiger partial charge in [-0.1, -0.05) is 35.1 Å². The number of hydrogen-bond donors (Lipinski definition) is 1. The molecule has 0 spiro atoms. The van der Waals surface area contributed by atoms with Crippen LogP contribution in [0.2, 0.25) is 0 Å². The lowest BCUT2D eigenvalue weighted by Crippen LogP contribution is -1.72. The maximum absolute atomic E-state index is 8.40. The third-order valence-corrected chi connectivity index (χ3v) is 3.66. The second-order valence-electron chi connectivity index (χ2n) is 2.94. The van der Waals surface area contributed by atoms with Gasteiger partial charge in [0.05, 0.1) is 4.47 Å². The number of hydrogen-bond acceptors (Lipinski definition) is 4. The number of nitrogens with zero attached hydrogens (tertiary/aromatic N) is 1. The molecule has 1 heterocycles. The Balaban J connectivity index is 2.22. The minimum absolute atomic E-state index is 0.507. The molecule has 0 aliphatic carbocycles. The highest BCUT2D eigenvalue weighted by Gasteiger charge is 2.09. The molecule has 0 saturated heterocycles. The van der Waals surface area contributed by atoms with Crippen molar-refractivity contribution in [2.45, 2.75) is 9.99 Å². The summed E-state index contributed by atoms with van der Waals surface area (Å²) in [5.74, 6) is 0.507. The molecule has 0 aliphatic heterocycles. The Hall–Kier alpha value is -1.20. The maximum Gasteiger partial charge on any atom is 0.180 e. The van der Waals surface area contributed by atoms with E-state index in [2.05, 4.69) is 21.1 Å². The van der Waals surface area contributed by atoms with Crippen molar-refractivity contribution < 1.29 is 9.62 Å². The summed E-state index contributed by atoms with van der Waals surface area (Å²) in [7, 11) is 0. The molecule has 3 nitrogen and oxygen atoms in total. The van der Waals surface area contributed by atoms with Crippen LogP contribution in [0.25, 0.3) is 0 Å². The standard InChI is InChI=1S/C11H8BrNO2S/c12-10-6-8(7-13-14)15-11(10)16-9-4-2-1-3-5-9/h1-7,14H/b13-7+. The van der Waals surface area contributed by atoms with E-state index in [9.17, 15) is 0 Å². The number of rotatable bonds is 3. The largest absolute Gasteiger partial charge is 0.447 e. The molecule has 2 aromatic rings. The summed E-state index contributed by atoms with van der Waals surface area (Å²) in [4.78, 5) is 1.09. The van der Waals surface area contributed by atoms with E-state index in [1.165, 1.54) is 18.0 Å². The van der Waals surface area contributed by atoms with Crippen molar-refractivity contribution in [2.75, 3.05) is 0 Å². The first-order valence-electron chi connectivity index (χ1n) is 4.49. The zero-order chi connectivity index (χ0) is 11.4. The molecule has 0 radical (unpaired) electrons. The molecule has 16 heavy (non-hydrogen) atoms. The van der Waals surface area contributed by atoms with Crippen LogP contribution in [0.3, 0.4) is 0 Å². The predicted octanol–water partition coefficient (Wildman–Crippen LogP) is 4.00. The maximum atomic E-state index is 8.40. The van der Waals surface area contributed by atoms with Crippen LogP contribution < -0.4 is 0 Å². The van der Waals surface area contributed by atoms with Gasteiger partial charge >= 0.3 is 0 Å². The fourth-order valence-electron chi connectivity index (χ4n) is 1.15. The van der Waals surface area contributed by atoms with Crippen molar-refractivity contribution in [1.29, 1.82) is 0 Å². The van der Waals surface area contributed by atoms with E-state index >= 15 is 0 Å². The van der Waals surface area contributed by atoms with Crippen LogP contribution >= 0.6 is 27.7 Å². The molecular weight excluding hydrogens is 290 g/mol. The van der Waals surface area contributed by atoms with Gasteiger partial charge in [-0.15, -0.1) is 0 Å². The average Bonchev–Trinajstić information content (AvgIpc) is 2.61. The predicted molar refractivity (Wildman–Crippen MR) is 66.4 cm³/mol. The molecule has 1 N–H and O–H groups in total. The Morgan fingerprint density at radius 2 is 2.06 bits per heavy atom. The van der Waals surface area contributed by atoms with E-state index in [-0.39, 0.29) is 0 Å². The van der Waals surface area contributed by atoms with Gasteiger partial charge in [-0.05, 0) is 28.1 Å². The number of furan rings is 1. The lowest BCUT2D eigenvalue weighted by molar-refractivity contribution is 0.320. The lowest BCUT2D eigenvalue weighted by Gasteiger charge is -1.97. The fourth-order valence-corrected chi connectivity index (χ4v) is 2.51. The van der Waals surface area contributed by atoms with Gasteiger partial charge in [-0.25, -0.2) is 0 Å². The van der Waals surface area contributed by atoms with Gasteiger partial charge in [0.1, 0.15) is 6.21 Å². The van der Waals surface area contributed by atoms with Gasteiger partial charge in [0.25, 0.3) is 0 Å². The molecule has 0 saturated carbocycles. The van der Waals surface area contributed by atoms with Crippen LogP contribution in [0.15, 0.2) is 60.4 Å². The summed E-state index contributed by atoms with van der Waals surface area (Å²) < 4.78 is 6.31. The van der Waals surface area contributed by atoms with Crippen LogP contribution in [0.1, 0.15) is 5.76 Å². The van der Waals surface area contributed by atoms with Gasteiger partial charge in [0.15, 0.2) is 10.9 Å². The van der Waals surface area contributed by atoms with Crippen LogP contribution in [-0.4, -0.2) is 11.4 Å². The molecule has 0 fully saturated rings. The Labute approximate surface area is 105 Å². The Morgan fingerprint density at radius 3 is 2.75 bits per heavy atom. The highest BCUT2D eigenvalue weighted by molar-refractivity contribution is 9.10. The SMILES string of the molecule is O/N=C/c1cc(Br)c(Sc2ccccc2)o1. The van der Waals surface area contributed by atoms with E-state index in [1.807, 2.05) is 30.3 Å². The summed E-state index contributed by atoms with van der Waals surface area (Å²) >= 11 is 4.89. The molecule has 82 valence electrons. The van der Waals surface area contributed by atoms with Crippen LogP contribution in [0, 0.1) is 0 Å².